The van der Waals surface area contributed by atoms with Crippen molar-refractivity contribution in [2.24, 2.45) is 5.10 Å². The lowest BCUT2D eigenvalue weighted by Gasteiger charge is -2.19. The van der Waals surface area contributed by atoms with Gasteiger partial charge in [-0.3, -0.25) is 4.79 Å². The summed E-state index contributed by atoms with van der Waals surface area (Å²) in [7, 11) is 0. The van der Waals surface area contributed by atoms with Crippen molar-refractivity contribution in [2.75, 3.05) is 13.2 Å². The maximum absolute atomic E-state index is 13.8. The second kappa shape index (κ2) is 13.5. The Labute approximate surface area is 255 Å². The fraction of sp³-hybridized carbons (Fsp3) is 0.364. The Morgan fingerprint density at radius 3 is 2.39 bits per heavy atom. The molecule has 0 fully saturated rings. The number of ether oxygens (including phenoxy) is 3. The summed E-state index contributed by atoms with van der Waals surface area (Å²) in [5, 5.41) is 5.21. The highest BCUT2D eigenvalue weighted by molar-refractivity contribution is 14.1. The first-order valence-corrected chi connectivity index (χ1v) is 15.2. The van der Waals surface area contributed by atoms with Crippen LogP contribution in [0.5, 0.6) is 17.2 Å². The maximum Gasteiger partial charge on any atom is 0.282 e. The predicted molar refractivity (Wildman–Crippen MR) is 175 cm³/mol. The quantitative estimate of drug-likeness (QED) is 0.120. The number of hydrogen-bond donors (Lipinski definition) is 0. The minimum atomic E-state index is -0.238. The molecule has 0 saturated heterocycles. The van der Waals surface area contributed by atoms with Crippen LogP contribution in [0.4, 0.5) is 0 Å². The van der Waals surface area contributed by atoms with Crippen LogP contribution in [-0.4, -0.2) is 35.2 Å². The molecular formula is C33H38IN3O4. The molecule has 4 aromatic rings. The van der Waals surface area contributed by atoms with E-state index in [0.29, 0.717) is 35.7 Å². The second-order valence-corrected chi connectivity index (χ2v) is 11.4. The van der Waals surface area contributed by atoms with Gasteiger partial charge in [0.15, 0.2) is 17.3 Å². The third-order valence-corrected chi connectivity index (χ3v) is 7.62. The van der Waals surface area contributed by atoms with Gasteiger partial charge in [0, 0.05) is 5.56 Å². The molecule has 3 aromatic carbocycles. The Morgan fingerprint density at radius 1 is 1.00 bits per heavy atom. The van der Waals surface area contributed by atoms with E-state index in [1.807, 2.05) is 64.1 Å². The van der Waals surface area contributed by atoms with Crippen molar-refractivity contribution in [1.29, 1.82) is 0 Å². The normalized spacial score (nSPS) is 12.3. The van der Waals surface area contributed by atoms with Crippen molar-refractivity contribution in [3.05, 3.63) is 79.1 Å². The van der Waals surface area contributed by atoms with Crippen LogP contribution in [0.1, 0.15) is 70.6 Å². The van der Waals surface area contributed by atoms with Crippen LogP contribution in [0, 0.1) is 10.5 Å². The van der Waals surface area contributed by atoms with Crippen LogP contribution in [-0.2, 0) is 0 Å². The lowest BCUT2D eigenvalue weighted by molar-refractivity contribution is 0.201. The van der Waals surface area contributed by atoms with Crippen molar-refractivity contribution in [3.63, 3.8) is 0 Å². The molecule has 0 saturated carbocycles. The highest BCUT2D eigenvalue weighted by atomic mass is 127. The summed E-state index contributed by atoms with van der Waals surface area (Å²) < 4.78 is 20.3. The van der Waals surface area contributed by atoms with Gasteiger partial charge < -0.3 is 14.2 Å². The van der Waals surface area contributed by atoms with Crippen LogP contribution in [0.25, 0.3) is 22.3 Å². The molecule has 0 amide bonds. The third-order valence-electron chi connectivity index (χ3n) is 6.82. The summed E-state index contributed by atoms with van der Waals surface area (Å²) in [4.78, 5) is 18.8. The zero-order chi connectivity index (χ0) is 29.7. The molecule has 4 rings (SSSR count). The molecule has 1 heterocycles. The smallest absolute Gasteiger partial charge is 0.282 e. The molecule has 0 aliphatic rings. The van der Waals surface area contributed by atoms with Crippen LogP contribution < -0.4 is 19.8 Å². The van der Waals surface area contributed by atoms with Gasteiger partial charge in [-0.05, 0) is 116 Å². The van der Waals surface area contributed by atoms with Crippen molar-refractivity contribution in [2.45, 2.75) is 66.9 Å². The molecule has 0 N–H and O–H groups in total. The Bertz CT molecular complexity index is 1630. The van der Waals surface area contributed by atoms with Crippen LogP contribution in [0.2, 0.25) is 0 Å². The molecule has 1 atom stereocenters. The minimum absolute atomic E-state index is 0.0557. The molecule has 0 aliphatic carbocycles. The molecule has 0 unspecified atom stereocenters. The Kier molecular flexibility index (Phi) is 10.1. The topological polar surface area (TPSA) is 74.9 Å². The summed E-state index contributed by atoms with van der Waals surface area (Å²) in [5.41, 5.74) is 4.00. The van der Waals surface area contributed by atoms with E-state index < -0.39 is 0 Å². The van der Waals surface area contributed by atoms with E-state index in [9.17, 15) is 4.79 Å². The van der Waals surface area contributed by atoms with Gasteiger partial charge in [-0.1, -0.05) is 32.9 Å². The number of halogens is 1. The molecule has 7 nitrogen and oxygen atoms in total. The number of rotatable bonds is 11. The molecule has 0 radical (unpaired) electrons. The molecule has 216 valence electrons. The second-order valence-electron chi connectivity index (χ2n) is 10.2. The van der Waals surface area contributed by atoms with Crippen molar-refractivity contribution >= 4 is 39.7 Å². The average Bonchev–Trinajstić information content (AvgIpc) is 2.94. The van der Waals surface area contributed by atoms with Gasteiger partial charge in [0.25, 0.3) is 5.56 Å². The standard InChI is InChI=1S/C33H38IN3O4/c1-8-22(7)41-31-27(34)16-23(17-30(31)40-10-3)19-35-37-32(36-28-14-12-11-13-24(28)33(37)38)26-18-25(20(4)5)29(39-9-2)15-21(26)6/h11-20,22H,8-10H2,1-7H3/t22-/m0/s1. The third kappa shape index (κ3) is 6.74. The van der Waals surface area contributed by atoms with Gasteiger partial charge in [0.05, 0.1) is 40.0 Å². The Morgan fingerprint density at radius 2 is 1.71 bits per heavy atom. The van der Waals surface area contributed by atoms with Crippen molar-refractivity contribution in [1.82, 2.24) is 9.66 Å². The molecular weight excluding hydrogens is 629 g/mol. The Hall–Kier alpha value is -3.40. The van der Waals surface area contributed by atoms with E-state index >= 15 is 0 Å². The fourth-order valence-corrected chi connectivity index (χ4v) is 5.28. The minimum Gasteiger partial charge on any atom is -0.494 e. The first kappa shape index (κ1) is 30.6. The van der Waals surface area contributed by atoms with Crippen LogP contribution >= 0.6 is 22.6 Å². The molecule has 41 heavy (non-hydrogen) atoms. The molecule has 8 heteroatoms. The zero-order valence-electron chi connectivity index (χ0n) is 24.8. The number of fused-ring (bicyclic) bond motifs is 1. The number of benzene rings is 3. The van der Waals surface area contributed by atoms with Gasteiger partial charge in [0.1, 0.15) is 5.75 Å². The summed E-state index contributed by atoms with van der Waals surface area (Å²) in [6.45, 7) is 15.4. The van der Waals surface area contributed by atoms with Crippen molar-refractivity contribution in [3.8, 4) is 28.6 Å². The number of nitrogens with zero attached hydrogens (tertiary/aromatic N) is 3. The van der Waals surface area contributed by atoms with Gasteiger partial charge in [-0.15, -0.1) is 0 Å². The van der Waals surface area contributed by atoms with Gasteiger partial charge in [0.2, 0.25) is 0 Å². The first-order chi connectivity index (χ1) is 19.7. The molecule has 0 spiro atoms. The fourth-order valence-electron chi connectivity index (χ4n) is 4.52. The lowest BCUT2D eigenvalue weighted by Crippen LogP contribution is -2.21. The van der Waals surface area contributed by atoms with E-state index in [1.54, 1.807) is 12.3 Å². The summed E-state index contributed by atoms with van der Waals surface area (Å²) in [6, 6.07) is 15.3. The Balaban J connectivity index is 1.91. The highest BCUT2D eigenvalue weighted by Crippen LogP contribution is 2.36. The molecule has 0 aliphatic heterocycles. The van der Waals surface area contributed by atoms with E-state index in [4.69, 9.17) is 24.3 Å². The number of aromatic nitrogens is 2. The maximum atomic E-state index is 13.8. The average molecular weight is 668 g/mol. The van der Waals surface area contributed by atoms with Crippen LogP contribution in [0.3, 0.4) is 0 Å². The number of para-hydroxylation sites is 1. The number of aryl methyl sites for hydroxylation is 1. The summed E-state index contributed by atoms with van der Waals surface area (Å²) in [6.07, 6.45) is 2.61. The van der Waals surface area contributed by atoms with Gasteiger partial charge >= 0.3 is 0 Å². The van der Waals surface area contributed by atoms with E-state index in [0.717, 1.165) is 43.7 Å². The van der Waals surface area contributed by atoms with Crippen molar-refractivity contribution < 1.29 is 14.2 Å². The van der Waals surface area contributed by atoms with E-state index in [1.165, 1.54) is 4.68 Å². The van der Waals surface area contributed by atoms with Gasteiger partial charge in [-0.2, -0.15) is 9.78 Å². The molecule has 1 aromatic heterocycles. The zero-order valence-corrected chi connectivity index (χ0v) is 27.0. The summed E-state index contributed by atoms with van der Waals surface area (Å²) >= 11 is 2.25. The highest BCUT2D eigenvalue weighted by Gasteiger charge is 2.19. The summed E-state index contributed by atoms with van der Waals surface area (Å²) in [5.74, 6) is 2.91. The largest absolute Gasteiger partial charge is 0.494 e. The lowest BCUT2D eigenvalue weighted by atomic mass is 9.96. The molecule has 0 bridgehead atoms. The van der Waals surface area contributed by atoms with E-state index in [2.05, 4.69) is 49.4 Å². The monoisotopic (exact) mass is 667 g/mol. The van der Waals surface area contributed by atoms with Gasteiger partial charge in [-0.25, -0.2) is 4.98 Å². The first-order valence-electron chi connectivity index (χ1n) is 14.1. The SMILES string of the molecule is CCOc1cc(C)c(-c2nc3ccccc3c(=O)n2N=Cc2cc(I)c(O[C@@H](C)CC)c(OCC)c2)cc1C(C)C. The number of hydrogen-bond acceptors (Lipinski definition) is 6. The van der Waals surface area contributed by atoms with E-state index in [-0.39, 0.29) is 17.6 Å². The van der Waals surface area contributed by atoms with Crippen LogP contribution in [0.15, 0.2) is 58.4 Å². The predicted octanol–water partition coefficient (Wildman–Crippen LogP) is 7.96.